The number of hydrogen-bond donors (Lipinski definition) is 1. The first kappa shape index (κ1) is 19.1. The zero-order valence-corrected chi connectivity index (χ0v) is 15.5. The molecule has 0 bridgehead atoms. The van der Waals surface area contributed by atoms with Crippen LogP contribution in [0.4, 0.5) is 10.1 Å². The van der Waals surface area contributed by atoms with Gasteiger partial charge in [0.05, 0.1) is 35.5 Å². The number of rotatable bonds is 7. The van der Waals surface area contributed by atoms with Crippen LogP contribution in [0.3, 0.4) is 0 Å². The summed E-state index contributed by atoms with van der Waals surface area (Å²) in [5.41, 5.74) is 0.495. The van der Waals surface area contributed by atoms with Crippen molar-refractivity contribution >= 4 is 34.3 Å². The van der Waals surface area contributed by atoms with Crippen molar-refractivity contribution in [3.8, 4) is 0 Å². The quantitative estimate of drug-likeness (QED) is 0.498. The number of thioether (sulfide) groups is 1. The average molecular weight is 387 g/mol. The van der Waals surface area contributed by atoms with Gasteiger partial charge in [0.15, 0.2) is 5.16 Å². The Morgan fingerprint density at radius 3 is 2.74 bits per heavy atom. The van der Waals surface area contributed by atoms with Crippen LogP contribution in [0.25, 0.3) is 10.9 Å². The minimum atomic E-state index is -0.503. The van der Waals surface area contributed by atoms with Gasteiger partial charge in [0, 0.05) is 7.11 Å². The van der Waals surface area contributed by atoms with Crippen LogP contribution in [0.2, 0.25) is 0 Å². The van der Waals surface area contributed by atoms with E-state index in [2.05, 4.69) is 10.3 Å². The monoisotopic (exact) mass is 387 g/mol. The lowest BCUT2D eigenvalue weighted by Gasteiger charge is -2.13. The Kier molecular flexibility index (Phi) is 6.20. The first-order valence-corrected chi connectivity index (χ1v) is 9.24. The fourth-order valence-corrected chi connectivity index (χ4v) is 3.34. The van der Waals surface area contributed by atoms with Gasteiger partial charge in [0.2, 0.25) is 5.91 Å². The normalized spacial score (nSPS) is 10.9. The van der Waals surface area contributed by atoms with E-state index in [1.165, 1.54) is 16.7 Å². The summed E-state index contributed by atoms with van der Waals surface area (Å²) in [6.45, 7) is 0.666. The molecule has 1 amide bonds. The Morgan fingerprint density at radius 1 is 1.22 bits per heavy atom. The van der Waals surface area contributed by atoms with Crippen molar-refractivity contribution in [1.82, 2.24) is 9.55 Å². The molecule has 2 aromatic carbocycles. The maximum absolute atomic E-state index is 13.7. The first-order valence-electron chi connectivity index (χ1n) is 8.26. The molecule has 0 saturated carbocycles. The Bertz CT molecular complexity index is 1020. The summed E-state index contributed by atoms with van der Waals surface area (Å²) in [6.07, 6.45) is 0. The molecule has 3 aromatic rings. The second kappa shape index (κ2) is 8.79. The molecular weight excluding hydrogens is 369 g/mol. The number of amides is 1. The minimum absolute atomic E-state index is 0.00784. The van der Waals surface area contributed by atoms with Crippen molar-refractivity contribution in [2.45, 2.75) is 11.7 Å². The molecule has 3 rings (SSSR count). The van der Waals surface area contributed by atoms with Crippen LogP contribution in [0.5, 0.6) is 0 Å². The number of benzene rings is 2. The summed E-state index contributed by atoms with van der Waals surface area (Å²) in [6, 6.07) is 13.0. The van der Waals surface area contributed by atoms with Gasteiger partial charge < -0.3 is 10.1 Å². The minimum Gasteiger partial charge on any atom is -0.383 e. The van der Waals surface area contributed by atoms with E-state index in [1.807, 2.05) is 0 Å². The number of carbonyl (C=O) groups is 1. The standard InChI is InChI=1S/C19H18FN3O3S/c1-26-11-10-23-18(25)13-6-2-4-8-15(13)22-19(23)27-12-17(24)21-16-9-5-3-7-14(16)20/h2-9H,10-12H2,1H3,(H,21,24). The van der Waals surface area contributed by atoms with Crippen molar-refractivity contribution in [2.75, 3.05) is 24.8 Å². The molecule has 0 aliphatic carbocycles. The van der Waals surface area contributed by atoms with Crippen LogP contribution in [0, 0.1) is 5.82 Å². The molecule has 1 heterocycles. The molecule has 0 atom stereocenters. The highest BCUT2D eigenvalue weighted by Crippen LogP contribution is 2.19. The van der Waals surface area contributed by atoms with Gasteiger partial charge in [-0.1, -0.05) is 36.0 Å². The number of anilines is 1. The highest BCUT2D eigenvalue weighted by Gasteiger charge is 2.14. The van der Waals surface area contributed by atoms with Crippen molar-refractivity contribution in [3.63, 3.8) is 0 Å². The largest absolute Gasteiger partial charge is 0.383 e. The van der Waals surface area contributed by atoms with Crippen LogP contribution in [0.1, 0.15) is 0 Å². The fraction of sp³-hybridized carbons (Fsp3) is 0.211. The van der Waals surface area contributed by atoms with E-state index in [4.69, 9.17) is 4.74 Å². The fourth-order valence-electron chi connectivity index (χ4n) is 2.52. The molecular formula is C19H18FN3O3S. The van der Waals surface area contributed by atoms with Gasteiger partial charge in [0.25, 0.3) is 5.56 Å². The van der Waals surface area contributed by atoms with E-state index in [0.29, 0.717) is 29.2 Å². The summed E-state index contributed by atoms with van der Waals surface area (Å²) in [5, 5.41) is 3.44. The van der Waals surface area contributed by atoms with Crippen molar-refractivity contribution in [2.24, 2.45) is 0 Å². The number of aromatic nitrogens is 2. The predicted molar refractivity (Wildman–Crippen MR) is 104 cm³/mol. The highest BCUT2D eigenvalue weighted by molar-refractivity contribution is 7.99. The maximum atomic E-state index is 13.7. The zero-order chi connectivity index (χ0) is 19.2. The molecule has 6 nitrogen and oxygen atoms in total. The summed E-state index contributed by atoms with van der Waals surface area (Å²) in [5.74, 6) is -0.894. The Labute approximate surface area is 159 Å². The second-order valence-corrected chi connectivity index (χ2v) is 6.62. The molecule has 140 valence electrons. The van der Waals surface area contributed by atoms with Gasteiger partial charge in [0.1, 0.15) is 5.82 Å². The number of fused-ring (bicyclic) bond motifs is 1. The number of nitrogens with one attached hydrogen (secondary N) is 1. The summed E-state index contributed by atoms with van der Waals surface area (Å²) in [4.78, 5) is 29.4. The molecule has 0 unspecified atom stereocenters. The number of para-hydroxylation sites is 2. The van der Waals surface area contributed by atoms with E-state index in [9.17, 15) is 14.0 Å². The molecule has 1 N–H and O–H groups in total. The topological polar surface area (TPSA) is 73.2 Å². The molecule has 0 saturated heterocycles. The molecule has 0 aliphatic rings. The van der Waals surface area contributed by atoms with Gasteiger partial charge in [-0.25, -0.2) is 9.37 Å². The van der Waals surface area contributed by atoms with Crippen LogP contribution in [-0.4, -0.2) is 34.9 Å². The molecule has 0 radical (unpaired) electrons. The van der Waals surface area contributed by atoms with E-state index < -0.39 is 5.82 Å². The summed E-state index contributed by atoms with van der Waals surface area (Å²) >= 11 is 1.12. The lowest BCUT2D eigenvalue weighted by atomic mass is 10.2. The summed E-state index contributed by atoms with van der Waals surface area (Å²) in [7, 11) is 1.55. The smallest absolute Gasteiger partial charge is 0.262 e. The number of ether oxygens (including phenoxy) is 1. The first-order chi connectivity index (χ1) is 13.1. The van der Waals surface area contributed by atoms with Crippen molar-refractivity contribution < 1.29 is 13.9 Å². The number of carbonyl (C=O) groups excluding carboxylic acids is 1. The third-order valence-electron chi connectivity index (χ3n) is 3.83. The highest BCUT2D eigenvalue weighted by atomic mass is 32.2. The predicted octanol–water partition coefficient (Wildman–Crippen LogP) is 2.91. The third-order valence-corrected chi connectivity index (χ3v) is 4.80. The number of hydrogen-bond acceptors (Lipinski definition) is 5. The Morgan fingerprint density at radius 2 is 1.96 bits per heavy atom. The number of halogens is 1. The molecule has 27 heavy (non-hydrogen) atoms. The lowest BCUT2D eigenvalue weighted by Crippen LogP contribution is -2.26. The van der Waals surface area contributed by atoms with E-state index >= 15 is 0 Å². The van der Waals surface area contributed by atoms with Crippen molar-refractivity contribution in [1.29, 1.82) is 0 Å². The summed E-state index contributed by atoms with van der Waals surface area (Å²) < 4.78 is 20.2. The second-order valence-electron chi connectivity index (χ2n) is 5.68. The lowest BCUT2D eigenvalue weighted by molar-refractivity contribution is -0.113. The molecule has 0 aliphatic heterocycles. The van der Waals surface area contributed by atoms with Crippen LogP contribution in [0.15, 0.2) is 58.5 Å². The zero-order valence-electron chi connectivity index (χ0n) is 14.6. The van der Waals surface area contributed by atoms with Crippen LogP contribution < -0.4 is 10.9 Å². The maximum Gasteiger partial charge on any atom is 0.262 e. The average Bonchev–Trinajstić information content (AvgIpc) is 2.68. The van der Waals surface area contributed by atoms with Crippen molar-refractivity contribution in [3.05, 3.63) is 64.7 Å². The molecule has 0 fully saturated rings. The molecule has 8 heteroatoms. The Hall–Kier alpha value is -2.71. The van der Waals surface area contributed by atoms with E-state index in [1.54, 1.807) is 43.5 Å². The van der Waals surface area contributed by atoms with Gasteiger partial charge >= 0.3 is 0 Å². The molecule has 0 spiro atoms. The van der Waals surface area contributed by atoms with Gasteiger partial charge in [-0.05, 0) is 24.3 Å². The third kappa shape index (κ3) is 4.53. The SMILES string of the molecule is COCCn1c(SCC(=O)Nc2ccccc2F)nc2ccccc2c1=O. The van der Waals surface area contributed by atoms with E-state index in [-0.39, 0.29) is 22.9 Å². The van der Waals surface area contributed by atoms with Crippen LogP contribution in [-0.2, 0) is 16.1 Å². The Balaban J connectivity index is 1.81. The van der Waals surface area contributed by atoms with Crippen LogP contribution >= 0.6 is 11.8 Å². The van der Waals surface area contributed by atoms with Gasteiger partial charge in [-0.2, -0.15) is 0 Å². The number of methoxy groups -OCH3 is 1. The van der Waals surface area contributed by atoms with Gasteiger partial charge in [-0.3, -0.25) is 14.2 Å². The molecule has 1 aromatic heterocycles. The number of nitrogens with zero attached hydrogens (tertiary/aromatic N) is 2. The van der Waals surface area contributed by atoms with Gasteiger partial charge in [-0.15, -0.1) is 0 Å². The van der Waals surface area contributed by atoms with E-state index in [0.717, 1.165) is 11.8 Å².